The summed E-state index contributed by atoms with van der Waals surface area (Å²) >= 11 is 0. The summed E-state index contributed by atoms with van der Waals surface area (Å²) in [5.74, 6) is -4.52. The molecule has 1 rings (SSSR count). The predicted molar refractivity (Wildman–Crippen MR) is 141 cm³/mol. The molecule has 0 bridgehead atoms. The normalized spacial score (nSPS) is 16.7. The number of carboxylic acids is 1. The third kappa shape index (κ3) is 9.31. The van der Waals surface area contributed by atoms with E-state index in [-0.39, 0.29) is 23.5 Å². The van der Waals surface area contributed by atoms with Crippen LogP contribution in [0.15, 0.2) is 18.2 Å². The maximum absolute atomic E-state index is 12.6. The van der Waals surface area contributed by atoms with E-state index in [9.17, 15) is 24.3 Å². The number of esters is 2. The van der Waals surface area contributed by atoms with Gasteiger partial charge in [0.2, 0.25) is 0 Å². The smallest absolute Gasteiger partial charge is 0.480 e. The zero-order valence-electron chi connectivity index (χ0n) is 23.7. The van der Waals surface area contributed by atoms with Crippen molar-refractivity contribution in [2.24, 2.45) is 23.5 Å². The standard InChI is InChI=1S/C28H43NO9/c1-9-15(4)26(32)37-21-13-12-20(14-22(21)38-27(33)16(5)10-2)23(24(29)25(30)31)18(7)19(8)36-28(34)35-17(6)11-3/h12-19,23-24H,9-11,29H2,1-8H3,(H,30,31)/t15?,16?,17?,18?,19?,23?,24-/m0/s1. The van der Waals surface area contributed by atoms with Crippen molar-refractivity contribution in [2.45, 2.75) is 98.8 Å². The number of nitrogens with two attached hydrogens (primary N) is 1. The van der Waals surface area contributed by atoms with Crippen LogP contribution < -0.4 is 15.2 Å². The molecular weight excluding hydrogens is 494 g/mol. The number of hydrogen-bond acceptors (Lipinski definition) is 9. The van der Waals surface area contributed by atoms with Gasteiger partial charge in [-0.15, -0.1) is 0 Å². The van der Waals surface area contributed by atoms with Gasteiger partial charge >= 0.3 is 24.1 Å². The van der Waals surface area contributed by atoms with Gasteiger partial charge in [-0.2, -0.15) is 0 Å². The Morgan fingerprint density at radius 3 is 1.82 bits per heavy atom. The maximum Gasteiger partial charge on any atom is 0.508 e. The Kier molecular flexibility index (Phi) is 13.3. The molecule has 0 saturated carbocycles. The minimum atomic E-state index is -1.38. The number of carbonyl (C=O) groups is 4. The number of hydrogen-bond donors (Lipinski definition) is 2. The van der Waals surface area contributed by atoms with E-state index in [1.54, 1.807) is 40.7 Å². The van der Waals surface area contributed by atoms with Crippen LogP contribution in [-0.2, 0) is 23.9 Å². The van der Waals surface area contributed by atoms with Gasteiger partial charge < -0.3 is 29.8 Å². The van der Waals surface area contributed by atoms with Crippen LogP contribution in [-0.4, -0.2) is 47.4 Å². The van der Waals surface area contributed by atoms with Crippen LogP contribution in [0.4, 0.5) is 4.79 Å². The van der Waals surface area contributed by atoms with E-state index in [1.165, 1.54) is 12.1 Å². The lowest BCUT2D eigenvalue weighted by atomic mass is 9.79. The number of ether oxygens (including phenoxy) is 4. The van der Waals surface area contributed by atoms with E-state index in [0.29, 0.717) is 24.8 Å². The molecule has 3 N–H and O–H groups in total. The first kappa shape index (κ1) is 32.9. The van der Waals surface area contributed by atoms with Crippen LogP contribution in [0.1, 0.15) is 86.1 Å². The Balaban J connectivity index is 3.46. The molecule has 0 aliphatic heterocycles. The molecule has 0 heterocycles. The Hall–Kier alpha value is -3.14. The van der Waals surface area contributed by atoms with E-state index in [0.717, 1.165) is 0 Å². The SMILES string of the molecule is CCC(C)OC(=O)OC(C)C(C)C(c1ccc(OC(=O)C(C)CC)c(OC(=O)C(C)CC)c1)[C@H](N)C(=O)O. The van der Waals surface area contributed by atoms with Crippen LogP contribution in [0.5, 0.6) is 11.5 Å². The molecule has 0 fully saturated rings. The van der Waals surface area contributed by atoms with Gasteiger partial charge in [0.1, 0.15) is 18.2 Å². The summed E-state index contributed by atoms with van der Waals surface area (Å²) in [7, 11) is 0. The van der Waals surface area contributed by atoms with Gasteiger partial charge in [0.15, 0.2) is 11.5 Å². The van der Waals surface area contributed by atoms with E-state index in [1.807, 2.05) is 20.8 Å². The fraction of sp³-hybridized carbons (Fsp3) is 0.643. The van der Waals surface area contributed by atoms with Crippen LogP contribution >= 0.6 is 0 Å². The third-order valence-corrected chi connectivity index (χ3v) is 6.94. The van der Waals surface area contributed by atoms with Crippen molar-refractivity contribution < 1.29 is 43.2 Å². The summed E-state index contributed by atoms with van der Waals surface area (Å²) in [6, 6.07) is 3.08. The molecule has 0 aliphatic carbocycles. The summed E-state index contributed by atoms with van der Waals surface area (Å²) in [4.78, 5) is 49.2. The van der Waals surface area contributed by atoms with E-state index in [4.69, 9.17) is 24.7 Å². The third-order valence-electron chi connectivity index (χ3n) is 6.94. The number of carbonyl (C=O) groups excluding carboxylic acids is 3. The predicted octanol–water partition coefficient (Wildman–Crippen LogP) is 5.06. The van der Waals surface area contributed by atoms with E-state index in [2.05, 4.69) is 0 Å². The molecule has 0 aromatic heterocycles. The Morgan fingerprint density at radius 1 is 0.816 bits per heavy atom. The van der Waals surface area contributed by atoms with E-state index >= 15 is 0 Å². The van der Waals surface area contributed by atoms with Crippen molar-refractivity contribution in [2.75, 3.05) is 0 Å². The number of benzene rings is 1. The fourth-order valence-corrected chi connectivity index (χ4v) is 3.47. The lowest BCUT2D eigenvalue weighted by Gasteiger charge is -2.31. The van der Waals surface area contributed by atoms with Gasteiger partial charge in [0.25, 0.3) is 0 Å². The summed E-state index contributed by atoms with van der Waals surface area (Å²) in [5, 5.41) is 9.75. The highest BCUT2D eigenvalue weighted by Gasteiger charge is 2.36. The lowest BCUT2D eigenvalue weighted by Crippen LogP contribution is -2.42. The first-order valence-corrected chi connectivity index (χ1v) is 13.2. The molecule has 0 aliphatic rings. The van der Waals surface area contributed by atoms with E-state index < -0.39 is 54.0 Å². The molecule has 0 radical (unpaired) electrons. The summed E-state index contributed by atoms with van der Waals surface area (Å²) in [6.07, 6.45) is -0.268. The Labute approximate surface area is 225 Å². The van der Waals surface area contributed by atoms with Gasteiger partial charge in [0, 0.05) is 11.8 Å². The molecule has 10 heteroatoms. The highest BCUT2D eigenvalue weighted by molar-refractivity contribution is 5.79. The van der Waals surface area contributed by atoms with Crippen molar-refractivity contribution >= 4 is 24.1 Å². The molecule has 0 spiro atoms. The first-order chi connectivity index (χ1) is 17.8. The largest absolute Gasteiger partial charge is 0.508 e. The number of rotatable bonds is 14. The van der Waals surface area contributed by atoms with Crippen molar-refractivity contribution in [3.05, 3.63) is 23.8 Å². The second-order valence-corrected chi connectivity index (χ2v) is 9.83. The van der Waals surface area contributed by atoms with Crippen LogP contribution in [0.25, 0.3) is 0 Å². The van der Waals surface area contributed by atoms with Crippen molar-refractivity contribution in [3.63, 3.8) is 0 Å². The van der Waals surface area contributed by atoms with Gasteiger partial charge in [-0.05, 0) is 50.8 Å². The molecule has 6 unspecified atom stereocenters. The average molecular weight is 538 g/mol. The fourth-order valence-electron chi connectivity index (χ4n) is 3.47. The summed E-state index contributed by atoms with van der Waals surface area (Å²) < 4.78 is 21.7. The van der Waals surface area contributed by atoms with Crippen LogP contribution in [0, 0.1) is 17.8 Å². The van der Waals surface area contributed by atoms with Gasteiger partial charge in [0.05, 0.1) is 11.8 Å². The summed E-state index contributed by atoms with van der Waals surface area (Å²) in [5.41, 5.74) is 6.51. The van der Waals surface area contributed by atoms with Crippen LogP contribution in [0.2, 0.25) is 0 Å². The van der Waals surface area contributed by atoms with Gasteiger partial charge in [-0.3, -0.25) is 14.4 Å². The molecule has 10 nitrogen and oxygen atoms in total. The molecule has 7 atom stereocenters. The molecule has 214 valence electrons. The highest BCUT2D eigenvalue weighted by Crippen LogP contribution is 2.37. The second kappa shape index (κ2) is 15.3. The van der Waals surface area contributed by atoms with Crippen LogP contribution in [0.3, 0.4) is 0 Å². The first-order valence-electron chi connectivity index (χ1n) is 13.2. The zero-order chi connectivity index (χ0) is 29.2. The maximum atomic E-state index is 12.6. The van der Waals surface area contributed by atoms with Gasteiger partial charge in [-0.1, -0.05) is 47.6 Å². The minimum Gasteiger partial charge on any atom is -0.480 e. The molecule has 1 aromatic rings. The Morgan fingerprint density at radius 2 is 1.34 bits per heavy atom. The number of aliphatic carboxylic acids is 1. The topological polar surface area (TPSA) is 151 Å². The molecular formula is C28H43NO9. The zero-order valence-corrected chi connectivity index (χ0v) is 23.7. The lowest BCUT2D eigenvalue weighted by molar-refractivity contribution is -0.141. The molecule has 1 aromatic carbocycles. The Bertz CT molecular complexity index is 964. The summed E-state index contributed by atoms with van der Waals surface area (Å²) in [6.45, 7) is 14.0. The van der Waals surface area contributed by atoms with Crippen molar-refractivity contribution in [3.8, 4) is 11.5 Å². The second-order valence-electron chi connectivity index (χ2n) is 9.83. The average Bonchev–Trinajstić information content (AvgIpc) is 2.88. The minimum absolute atomic E-state index is 0.0241. The quantitative estimate of drug-likeness (QED) is 0.243. The monoisotopic (exact) mass is 537 g/mol. The van der Waals surface area contributed by atoms with Gasteiger partial charge in [-0.25, -0.2) is 4.79 Å². The molecule has 38 heavy (non-hydrogen) atoms. The van der Waals surface area contributed by atoms with Crippen molar-refractivity contribution in [1.29, 1.82) is 0 Å². The van der Waals surface area contributed by atoms with Crippen molar-refractivity contribution in [1.82, 2.24) is 0 Å². The molecule has 0 amide bonds. The molecule has 0 saturated heterocycles. The highest BCUT2D eigenvalue weighted by atomic mass is 16.7. The number of carboxylic acid groups (broad SMARTS) is 1.